The quantitative estimate of drug-likeness (QED) is 0.717. The van der Waals surface area contributed by atoms with Crippen molar-refractivity contribution in [1.82, 2.24) is 5.32 Å². The van der Waals surface area contributed by atoms with Gasteiger partial charge in [0.2, 0.25) is 0 Å². The summed E-state index contributed by atoms with van der Waals surface area (Å²) in [4.78, 5) is 12.1. The van der Waals surface area contributed by atoms with Gasteiger partial charge >= 0.3 is 0 Å². The molecule has 2 rings (SSSR count). The van der Waals surface area contributed by atoms with Gasteiger partial charge in [0.1, 0.15) is 0 Å². The number of rotatable bonds is 3. The predicted molar refractivity (Wildman–Crippen MR) is 67.0 cm³/mol. The fourth-order valence-electron chi connectivity index (χ4n) is 2.01. The second kappa shape index (κ2) is 4.55. The van der Waals surface area contributed by atoms with Gasteiger partial charge in [-0.2, -0.15) is 0 Å². The van der Waals surface area contributed by atoms with Crippen LogP contribution >= 0.6 is 11.6 Å². The van der Waals surface area contributed by atoms with Gasteiger partial charge < -0.3 is 16.2 Å². The van der Waals surface area contributed by atoms with Crippen LogP contribution in [0.1, 0.15) is 29.6 Å². The molecular formula is C12H15ClN2O2. The fourth-order valence-corrected chi connectivity index (χ4v) is 2.28. The number of anilines is 1. The van der Waals surface area contributed by atoms with Gasteiger partial charge in [0, 0.05) is 5.69 Å². The van der Waals surface area contributed by atoms with E-state index in [2.05, 4.69) is 5.32 Å². The number of hydrogen-bond acceptors (Lipinski definition) is 3. The number of halogens is 1. The molecule has 0 radical (unpaired) electrons. The molecule has 0 unspecified atom stereocenters. The molecule has 1 aromatic carbocycles. The van der Waals surface area contributed by atoms with Crippen LogP contribution in [0.15, 0.2) is 18.2 Å². The number of nitrogen functional groups attached to an aromatic ring is 1. The first-order chi connectivity index (χ1) is 8.08. The Kier molecular flexibility index (Phi) is 3.26. The Balaban J connectivity index is 2.20. The molecule has 1 saturated carbocycles. The van der Waals surface area contributed by atoms with Crippen molar-refractivity contribution in [2.75, 3.05) is 12.3 Å². The molecule has 1 aromatic rings. The molecule has 92 valence electrons. The van der Waals surface area contributed by atoms with Crippen LogP contribution < -0.4 is 11.1 Å². The number of amides is 1. The maximum absolute atomic E-state index is 12.1. The first-order valence-electron chi connectivity index (χ1n) is 5.55. The van der Waals surface area contributed by atoms with Gasteiger partial charge in [-0.25, -0.2) is 0 Å². The summed E-state index contributed by atoms with van der Waals surface area (Å²) in [7, 11) is 0. The lowest BCUT2D eigenvalue weighted by Crippen LogP contribution is -2.56. The molecule has 4 nitrogen and oxygen atoms in total. The standard InChI is InChI=1S/C12H15ClN2O2/c13-8-3-1-4-9(14)10(8)11(17)15-12(7-16)5-2-6-12/h1,3-4,16H,2,5-7,14H2,(H,15,17). The third-order valence-corrected chi connectivity index (χ3v) is 3.58. The number of carbonyl (C=O) groups is 1. The largest absolute Gasteiger partial charge is 0.398 e. The summed E-state index contributed by atoms with van der Waals surface area (Å²) in [6.07, 6.45) is 2.60. The van der Waals surface area contributed by atoms with E-state index in [1.807, 2.05) is 0 Å². The molecule has 0 aromatic heterocycles. The second-order valence-corrected chi connectivity index (χ2v) is 4.86. The Bertz CT molecular complexity index is 418. The third kappa shape index (κ3) is 2.23. The lowest BCUT2D eigenvalue weighted by atomic mass is 9.77. The van der Waals surface area contributed by atoms with Crippen molar-refractivity contribution in [2.24, 2.45) is 0 Å². The molecular weight excluding hydrogens is 240 g/mol. The average molecular weight is 255 g/mol. The van der Waals surface area contributed by atoms with Gasteiger partial charge in [-0.3, -0.25) is 4.79 Å². The maximum atomic E-state index is 12.1. The van der Waals surface area contributed by atoms with E-state index in [9.17, 15) is 9.90 Å². The second-order valence-electron chi connectivity index (χ2n) is 4.45. The predicted octanol–water partition coefficient (Wildman–Crippen LogP) is 1.57. The lowest BCUT2D eigenvalue weighted by molar-refractivity contribution is 0.0642. The van der Waals surface area contributed by atoms with Crippen molar-refractivity contribution in [3.8, 4) is 0 Å². The van der Waals surface area contributed by atoms with Crippen molar-refractivity contribution in [2.45, 2.75) is 24.8 Å². The smallest absolute Gasteiger partial charge is 0.255 e. The van der Waals surface area contributed by atoms with Crippen molar-refractivity contribution in [1.29, 1.82) is 0 Å². The summed E-state index contributed by atoms with van der Waals surface area (Å²) in [5.41, 5.74) is 5.89. The topological polar surface area (TPSA) is 75.4 Å². The van der Waals surface area contributed by atoms with Gasteiger partial charge in [0.05, 0.1) is 22.7 Å². The minimum atomic E-state index is -0.483. The Morgan fingerprint density at radius 2 is 2.24 bits per heavy atom. The molecule has 0 heterocycles. The van der Waals surface area contributed by atoms with E-state index in [4.69, 9.17) is 17.3 Å². The Labute approximate surface area is 105 Å². The molecule has 17 heavy (non-hydrogen) atoms. The first-order valence-corrected chi connectivity index (χ1v) is 5.93. The molecule has 1 aliphatic carbocycles. The van der Waals surface area contributed by atoms with E-state index in [0.717, 1.165) is 19.3 Å². The highest BCUT2D eigenvalue weighted by Gasteiger charge is 2.38. The third-order valence-electron chi connectivity index (χ3n) is 3.26. The van der Waals surface area contributed by atoms with Crippen LogP contribution in [-0.2, 0) is 0 Å². The Morgan fingerprint density at radius 3 is 2.71 bits per heavy atom. The summed E-state index contributed by atoms with van der Waals surface area (Å²) in [5, 5.41) is 12.4. The van der Waals surface area contributed by atoms with Crippen molar-refractivity contribution in [3.63, 3.8) is 0 Å². The summed E-state index contributed by atoms with van der Waals surface area (Å²) < 4.78 is 0. The van der Waals surface area contributed by atoms with E-state index in [-0.39, 0.29) is 18.1 Å². The van der Waals surface area contributed by atoms with Crippen LogP contribution in [0.25, 0.3) is 0 Å². The monoisotopic (exact) mass is 254 g/mol. The molecule has 4 N–H and O–H groups in total. The molecule has 5 heteroatoms. The average Bonchev–Trinajstić information content (AvgIpc) is 2.23. The number of hydrogen-bond donors (Lipinski definition) is 3. The lowest BCUT2D eigenvalue weighted by Gasteiger charge is -2.41. The number of aliphatic hydroxyl groups is 1. The summed E-state index contributed by atoms with van der Waals surface area (Å²) in [5.74, 6) is -0.318. The normalized spacial score (nSPS) is 17.3. The molecule has 0 atom stereocenters. The van der Waals surface area contributed by atoms with Crippen LogP contribution in [0.5, 0.6) is 0 Å². The van der Waals surface area contributed by atoms with Crippen LogP contribution in [0.3, 0.4) is 0 Å². The van der Waals surface area contributed by atoms with E-state index in [0.29, 0.717) is 10.7 Å². The number of nitrogens with two attached hydrogens (primary N) is 1. The van der Waals surface area contributed by atoms with Gasteiger partial charge in [0.25, 0.3) is 5.91 Å². The zero-order chi connectivity index (χ0) is 12.5. The van der Waals surface area contributed by atoms with Gasteiger partial charge in [-0.15, -0.1) is 0 Å². The number of carbonyl (C=O) groups excluding carboxylic acids is 1. The van der Waals surface area contributed by atoms with Gasteiger partial charge in [-0.1, -0.05) is 17.7 Å². The number of nitrogens with one attached hydrogen (secondary N) is 1. The van der Waals surface area contributed by atoms with E-state index < -0.39 is 5.54 Å². The zero-order valence-electron chi connectivity index (χ0n) is 9.37. The minimum absolute atomic E-state index is 0.0525. The van der Waals surface area contributed by atoms with E-state index >= 15 is 0 Å². The molecule has 1 fully saturated rings. The molecule has 0 spiro atoms. The summed E-state index contributed by atoms with van der Waals surface area (Å²) in [6.45, 7) is -0.0525. The highest BCUT2D eigenvalue weighted by molar-refractivity contribution is 6.34. The summed E-state index contributed by atoms with van der Waals surface area (Å²) in [6, 6.07) is 4.95. The van der Waals surface area contributed by atoms with Crippen LogP contribution in [0.4, 0.5) is 5.69 Å². The first kappa shape index (κ1) is 12.2. The molecule has 0 saturated heterocycles. The fraction of sp³-hybridized carbons (Fsp3) is 0.417. The van der Waals surface area contributed by atoms with Crippen molar-refractivity contribution >= 4 is 23.2 Å². The summed E-state index contributed by atoms with van der Waals surface area (Å²) >= 11 is 5.95. The van der Waals surface area contributed by atoms with Gasteiger partial charge in [0.15, 0.2) is 0 Å². The van der Waals surface area contributed by atoms with E-state index in [1.54, 1.807) is 18.2 Å². The van der Waals surface area contributed by atoms with Crippen LogP contribution in [0.2, 0.25) is 5.02 Å². The van der Waals surface area contributed by atoms with Crippen LogP contribution in [0, 0.1) is 0 Å². The van der Waals surface area contributed by atoms with Gasteiger partial charge in [-0.05, 0) is 31.4 Å². The highest BCUT2D eigenvalue weighted by atomic mass is 35.5. The molecule has 1 aliphatic rings. The number of benzene rings is 1. The number of aliphatic hydroxyl groups excluding tert-OH is 1. The minimum Gasteiger partial charge on any atom is -0.398 e. The van der Waals surface area contributed by atoms with Crippen LogP contribution in [-0.4, -0.2) is 23.2 Å². The Morgan fingerprint density at radius 1 is 1.53 bits per heavy atom. The molecule has 1 amide bonds. The maximum Gasteiger partial charge on any atom is 0.255 e. The molecule has 0 aliphatic heterocycles. The highest BCUT2D eigenvalue weighted by Crippen LogP contribution is 2.32. The molecule has 0 bridgehead atoms. The van der Waals surface area contributed by atoms with Crippen molar-refractivity contribution in [3.05, 3.63) is 28.8 Å². The van der Waals surface area contributed by atoms with Crippen molar-refractivity contribution < 1.29 is 9.90 Å². The Hall–Kier alpha value is -1.26. The van der Waals surface area contributed by atoms with E-state index in [1.165, 1.54) is 0 Å². The SMILES string of the molecule is Nc1cccc(Cl)c1C(=O)NC1(CO)CCC1. The zero-order valence-corrected chi connectivity index (χ0v) is 10.1.